The van der Waals surface area contributed by atoms with Crippen LogP contribution in [-0.2, 0) is 27.8 Å². The van der Waals surface area contributed by atoms with Crippen molar-refractivity contribution in [2.75, 3.05) is 36.8 Å². The monoisotopic (exact) mass is 495 g/mol. The van der Waals surface area contributed by atoms with Gasteiger partial charge in [0.1, 0.15) is 17.7 Å². The summed E-state index contributed by atoms with van der Waals surface area (Å²) in [7, 11) is 0. The van der Waals surface area contributed by atoms with E-state index in [2.05, 4.69) is 44.0 Å². The normalized spacial score (nSPS) is 24.0. The minimum Gasteiger partial charge on any atom is -0.381 e. The Morgan fingerprint density at radius 2 is 1.86 bits per heavy atom. The van der Waals surface area contributed by atoms with Crippen molar-refractivity contribution >= 4 is 29.4 Å². The van der Waals surface area contributed by atoms with Crippen molar-refractivity contribution < 1.29 is 14.0 Å². The van der Waals surface area contributed by atoms with Gasteiger partial charge in [0.2, 0.25) is 11.8 Å². The Morgan fingerprint density at radius 3 is 2.70 bits per heavy atom. The van der Waals surface area contributed by atoms with Gasteiger partial charge >= 0.3 is 0 Å². The predicted octanol–water partition coefficient (Wildman–Crippen LogP) is 3.19. The van der Waals surface area contributed by atoms with Crippen LogP contribution >= 0.6 is 0 Å². The Hall–Kier alpha value is -4.04. The molecular formula is C29H26FN5O2. The van der Waals surface area contributed by atoms with Gasteiger partial charge in [-0.1, -0.05) is 24.3 Å². The van der Waals surface area contributed by atoms with E-state index in [1.165, 1.54) is 28.8 Å². The van der Waals surface area contributed by atoms with E-state index in [4.69, 9.17) is 0 Å². The summed E-state index contributed by atoms with van der Waals surface area (Å²) < 4.78 is 13.5. The summed E-state index contributed by atoms with van der Waals surface area (Å²) in [5, 5.41) is 9.48. The molecule has 1 aliphatic carbocycles. The lowest BCUT2D eigenvalue weighted by molar-refractivity contribution is -0.129. The Bertz CT molecular complexity index is 1480. The molecule has 0 saturated carbocycles. The van der Waals surface area contributed by atoms with Crippen molar-refractivity contribution in [3.63, 3.8) is 0 Å². The van der Waals surface area contributed by atoms with Gasteiger partial charge in [-0.3, -0.25) is 14.5 Å². The number of hydrogen-bond donors (Lipinski definition) is 3. The number of carbonyl (C=O) groups excluding carboxylic acids is 2. The third kappa shape index (κ3) is 3.54. The summed E-state index contributed by atoms with van der Waals surface area (Å²) in [4.78, 5) is 32.4. The molecule has 7 nitrogen and oxygen atoms in total. The highest BCUT2D eigenvalue weighted by atomic mass is 19.1. The second kappa shape index (κ2) is 8.24. The molecule has 0 radical (unpaired) electrons. The number of pyridine rings is 1. The van der Waals surface area contributed by atoms with Crippen LogP contribution in [0.2, 0.25) is 0 Å². The SMILES string of the molecule is O=C1NCCN(CC2=Cc3cc4c(cc3NC2)C[C@]2(C4)C(=O)Nc3ncccc32)C1c1ccc(F)cc1. The standard InChI is InChI=1S/C29H26FN5O2/c30-22-5-3-18(4-6-22)25-27(36)32-8-9-35(25)16-17-10-19-11-20-13-29(14-21(20)12-24(19)33-15-17)23-2-1-7-31-26(23)34-28(29)37/h1-7,10-12,25,33H,8-9,13-16H2,(H,32,36)(H,31,34,37)/t25?,29-/m0/s1. The molecule has 37 heavy (non-hydrogen) atoms. The lowest BCUT2D eigenvalue weighted by atomic mass is 9.79. The van der Waals surface area contributed by atoms with Crippen LogP contribution < -0.4 is 16.0 Å². The van der Waals surface area contributed by atoms with Gasteiger partial charge in [-0.05, 0) is 71.0 Å². The molecule has 1 fully saturated rings. The largest absolute Gasteiger partial charge is 0.381 e. The average molecular weight is 496 g/mol. The molecule has 3 aromatic rings. The molecule has 1 unspecified atom stereocenters. The van der Waals surface area contributed by atoms with Crippen LogP contribution in [0.15, 0.2) is 60.3 Å². The van der Waals surface area contributed by atoms with Crippen molar-refractivity contribution in [1.82, 2.24) is 15.2 Å². The quantitative estimate of drug-likeness (QED) is 0.520. The number of piperazine rings is 1. The zero-order valence-electron chi connectivity index (χ0n) is 20.2. The molecule has 2 aromatic carbocycles. The Morgan fingerprint density at radius 1 is 1.05 bits per heavy atom. The number of rotatable bonds is 3. The van der Waals surface area contributed by atoms with Crippen LogP contribution in [0.4, 0.5) is 15.9 Å². The molecule has 4 aliphatic rings. The highest BCUT2D eigenvalue weighted by Gasteiger charge is 2.51. The summed E-state index contributed by atoms with van der Waals surface area (Å²) in [5.41, 5.74) is 6.90. The van der Waals surface area contributed by atoms with Crippen LogP contribution in [0.3, 0.4) is 0 Å². The molecule has 1 saturated heterocycles. The van der Waals surface area contributed by atoms with E-state index in [-0.39, 0.29) is 17.6 Å². The molecule has 1 aromatic heterocycles. The number of hydrogen-bond acceptors (Lipinski definition) is 5. The fraction of sp³-hybridized carbons (Fsp3) is 0.276. The van der Waals surface area contributed by atoms with Gasteiger partial charge in [0.15, 0.2) is 0 Å². The molecule has 8 heteroatoms. The van der Waals surface area contributed by atoms with E-state index in [1.807, 2.05) is 12.1 Å². The van der Waals surface area contributed by atoms with E-state index >= 15 is 0 Å². The van der Waals surface area contributed by atoms with Crippen molar-refractivity contribution in [2.45, 2.75) is 24.3 Å². The Balaban J connectivity index is 1.17. The lowest BCUT2D eigenvalue weighted by Gasteiger charge is -2.36. The van der Waals surface area contributed by atoms with Crippen LogP contribution in [0.5, 0.6) is 0 Å². The van der Waals surface area contributed by atoms with Crippen LogP contribution in [0.25, 0.3) is 6.08 Å². The van der Waals surface area contributed by atoms with E-state index in [0.717, 1.165) is 22.4 Å². The van der Waals surface area contributed by atoms with Gasteiger partial charge in [-0.15, -0.1) is 0 Å². The summed E-state index contributed by atoms with van der Waals surface area (Å²) in [6.45, 7) is 2.61. The van der Waals surface area contributed by atoms with E-state index < -0.39 is 11.5 Å². The third-order valence-corrected chi connectivity index (χ3v) is 8.12. The van der Waals surface area contributed by atoms with Crippen molar-refractivity contribution in [3.8, 4) is 0 Å². The zero-order valence-corrected chi connectivity index (χ0v) is 20.2. The molecule has 1 spiro atoms. The van der Waals surface area contributed by atoms with Crippen LogP contribution in [-0.4, -0.2) is 47.9 Å². The van der Waals surface area contributed by atoms with Crippen molar-refractivity contribution in [1.29, 1.82) is 0 Å². The fourth-order valence-electron chi connectivity index (χ4n) is 6.35. The number of aromatic nitrogens is 1. The molecule has 3 N–H and O–H groups in total. The summed E-state index contributed by atoms with van der Waals surface area (Å²) in [5.74, 6) is 0.322. The highest BCUT2D eigenvalue weighted by Crippen LogP contribution is 2.48. The number of anilines is 2. The van der Waals surface area contributed by atoms with Gasteiger partial charge < -0.3 is 16.0 Å². The van der Waals surface area contributed by atoms with E-state index in [0.29, 0.717) is 44.8 Å². The first-order chi connectivity index (χ1) is 18.0. The zero-order chi connectivity index (χ0) is 25.1. The van der Waals surface area contributed by atoms with Gasteiger partial charge in [-0.2, -0.15) is 0 Å². The predicted molar refractivity (Wildman–Crippen MR) is 139 cm³/mol. The molecule has 4 heterocycles. The molecule has 0 bridgehead atoms. The topological polar surface area (TPSA) is 86.4 Å². The summed E-state index contributed by atoms with van der Waals surface area (Å²) in [6, 6.07) is 14.0. The van der Waals surface area contributed by atoms with Crippen LogP contribution in [0, 0.1) is 5.82 Å². The number of nitrogens with zero attached hydrogens (tertiary/aromatic N) is 2. The van der Waals surface area contributed by atoms with Gasteiger partial charge in [0, 0.05) is 43.6 Å². The molecule has 2 amide bonds. The number of carbonyl (C=O) groups is 2. The maximum absolute atomic E-state index is 13.5. The van der Waals surface area contributed by atoms with Crippen LogP contribution in [0.1, 0.15) is 33.9 Å². The minimum absolute atomic E-state index is 0.0229. The first-order valence-corrected chi connectivity index (χ1v) is 12.6. The average Bonchev–Trinajstić information content (AvgIpc) is 3.40. The molecule has 186 valence electrons. The van der Waals surface area contributed by atoms with E-state index in [9.17, 15) is 14.0 Å². The number of benzene rings is 2. The van der Waals surface area contributed by atoms with E-state index in [1.54, 1.807) is 18.3 Å². The van der Waals surface area contributed by atoms with Gasteiger partial charge in [0.25, 0.3) is 0 Å². The van der Waals surface area contributed by atoms with Gasteiger partial charge in [-0.25, -0.2) is 9.37 Å². The number of amides is 2. The molecule has 2 atom stereocenters. The lowest BCUT2D eigenvalue weighted by Crippen LogP contribution is -2.50. The fourth-order valence-corrected chi connectivity index (χ4v) is 6.35. The highest BCUT2D eigenvalue weighted by molar-refractivity contribution is 6.06. The second-order valence-electron chi connectivity index (χ2n) is 10.4. The Labute approximate surface area is 213 Å². The summed E-state index contributed by atoms with van der Waals surface area (Å²) >= 11 is 0. The molecular weight excluding hydrogens is 469 g/mol. The maximum Gasteiger partial charge on any atom is 0.242 e. The van der Waals surface area contributed by atoms with Crippen molar-refractivity contribution in [3.05, 3.63) is 93.9 Å². The number of fused-ring (bicyclic) bond motifs is 4. The number of halogens is 1. The first-order valence-electron chi connectivity index (χ1n) is 12.6. The molecule has 7 rings (SSSR count). The first kappa shape index (κ1) is 22.2. The number of nitrogens with one attached hydrogen (secondary N) is 3. The third-order valence-electron chi connectivity index (χ3n) is 8.12. The molecule has 3 aliphatic heterocycles. The second-order valence-corrected chi connectivity index (χ2v) is 10.4. The van der Waals surface area contributed by atoms with Crippen molar-refractivity contribution in [2.24, 2.45) is 0 Å². The summed E-state index contributed by atoms with van der Waals surface area (Å²) in [6.07, 6.45) is 5.24. The van der Waals surface area contributed by atoms with Gasteiger partial charge in [0.05, 0.1) is 5.41 Å². The maximum atomic E-state index is 13.5. The minimum atomic E-state index is -0.591. The Kier molecular flexibility index (Phi) is 4.94. The smallest absolute Gasteiger partial charge is 0.242 e.